The van der Waals surface area contributed by atoms with Crippen molar-refractivity contribution in [2.45, 2.75) is 11.1 Å². The third kappa shape index (κ3) is 4.89. The highest BCUT2D eigenvalue weighted by Crippen LogP contribution is 2.33. The average Bonchev–Trinajstić information content (AvgIpc) is 3.10. The van der Waals surface area contributed by atoms with Crippen LogP contribution in [0, 0.1) is 0 Å². The van der Waals surface area contributed by atoms with Crippen LogP contribution in [0.25, 0.3) is 5.69 Å². The smallest absolute Gasteiger partial charge is 0.305 e. The fourth-order valence-electron chi connectivity index (χ4n) is 2.39. The number of halogens is 6. The summed E-state index contributed by atoms with van der Waals surface area (Å²) in [5.74, 6) is -1.11. The number of sulfonamides is 1. The molecule has 0 aliphatic rings. The summed E-state index contributed by atoms with van der Waals surface area (Å²) in [7, 11) is -4.35. The van der Waals surface area contributed by atoms with Gasteiger partial charge in [0, 0.05) is 21.9 Å². The van der Waals surface area contributed by atoms with E-state index in [1.54, 1.807) is 4.72 Å². The van der Waals surface area contributed by atoms with E-state index in [2.05, 4.69) is 4.98 Å². The highest BCUT2D eigenvalue weighted by Gasteiger charge is 2.31. The normalized spacial score (nSPS) is 12.1. The van der Waals surface area contributed by atoms with Gasteiger partial charge in [-0.3, -0.25) is 4.79 Å². The second-order valence-electron chi connectivity index (χ2n) is 5.87. The molecule has 0 aliphatic carbocycles. The molecule has 1 heterocycles. The zero-order valence-electron chi connectivity index (χ0n) is 14.4. The molecule has 3 rings (SSSR count). The zero-order chi connectivity index (χ0) is 22.3. The molecule has 1 amide bonds. The lowest BCUT2D eigenvalue weighted by Crippen LogP contribution is -2.31. The molecule has 158 valence electrons. The number of hydrogen-bond acceptors (Lipinski definition) is 4. The number of nitrogens with zero attached hydrogens (tertiary/aromatic N) is 2. The van der Waals surface area contributed by atoms with E-state index >= 15 is 0 Å². The molecule has 3 aromatic rings. The Morgan fingerprint density at radius 3 is 2.37 bits per heavy atom. The van der Waals surface area contributed by atoms with Crippen LogP contribution in [0.5, 0.6) is 0 Å². The van der Waals surface area contributed by atoms with Crippen molar-refractivity contribution in [2.24, 2.45) is 0 Å². The molecule has 0 aliphatic heterocycles. The number of carbonyl (C=O) groups is 1. The Hall–Kier alpha value is -2.27. The van der Waals surface area contributed by atoms with Crippen LogP contribution in [0.2, 0.25) is 15.1 Å². The van der Waals surface area contributed by atoms with Gasteiger partial charge in [0.1, 0.15) is 16.9 Å². The fourth-order valence-corrected chi connectivity index (χ4v) is 4.35. The minimum atomic E-state index is -4.63. The molecule has 0 fully saturated rings. The number of hydrogen-bond donors (Lipinski definition) is 1. The second kappa shape index (κ2) is 8.10. The number of aromatic nitrogens is 2. The van der Waals surface area contributed by atoms with E-state index in [-0.39, 0.29) is 31.3 Å². The molecule has 0 bridgehead atoms. The van der Waals surface area contributed by atoms with E-state index < -0.39 is 27.7 Å². The standard InChI is InChI=1S/C17H9Cl3F3N3O3S/c18-10-1-2-15(13(20)6-10)30(28,29)25-16(27)14-7-26(8-24-14)12-4-9(17(21,22)23)3-11(19)5-12/h1-8H,(H,25,27). The summed E-state index contributed by atoms with van der Waals surface area (Å²) in [6.07, 6.45) is -2.53. The molecule has 13 heteroatoms. The van der Waals surface area contributed by atoms with Gasteiger partial charge in [-0.2, -0.15) is 13.2 Å². The van der Waals surface area contributed by atoms with E-state index in [1.807, 2.05) is 0 Å². The van der Waals surface area contributed by atoms with E-state index in [1.165, 1.54) is 18.2 Å². The lowest BCUT2D eigenvalue weighted by Gasteiger charge is -2.10. The summed E-state index contributed by atoms with van der Waals surface area (Å²) in [6.45, 7) is 0. The first-order valence-electron chi connectivity index (χ1n) is 7.81. The van der Waals surface area contributed by atoms with Crippen LogP contribution in [0.3, 0.4) is 0 Å². The molecule has 0 radical (unpaired) electrons. The third-order valence-electron chi connectivity index (χ3n) is 3.73. The van der Waals surface area contributed by atoms with Gasteiger partial charge in [0.25, 0.3) is 15.9 Å². The predicted octanol–water partition coefficient (Wildman–Crippen LogP) is 4.97. The van der Waals surface area contributed by atoms with Crippen molar-refractivity contribution in [1.29, 1.82) is 0 Å². The third-order valence-corrected chi connectivity index (χ3v) is 6.00. The topological polar surface area (TPSA) is 81.1 Å². The number of imidazole rings is 1. The summed E-state index contributed by atoms with van der Waals surface area (Å²) in [6, 6.07) is 6.36. The number of amides is 1. The molecule has 0 spiro atoms. The van der Waals surface area contributed by atoms with Crippen molar-refractivity contribution >= 4 is 50.7 Å². The molecule has 1 aromatic heterocycles. The maximum Gasteiger partial charge on any atom is 0.416 e. The summed E-state index contributed by atoms with van der Waals surface area (Å²) in [5.41, 5.74) is -1.38. The molecule has 30 heavy (non-hydrogen) atoms. The zero-order valence-corrected chi connectivity index (χ0v) is 17.5. The summed E-state index contributed by atoms with van der Waals surface area (Å²) in [5, 5.41) is -0.185. The summed E-state index contributed by atoms with van der Waals surface area (Å²) < 4.78 is 66.6. The van der Waals surface area contributed by atoms with Crippen LogP contribution >= 0.6 is 34.8 Å². The highest BCUT2D eigenvalue weighted by molar-refractivity contribution is 7.90. The van der Waals surface area contributed by atoms with Gasteiger partial charge in [0.2, 0.25) is 0 Å². The Balaban J connectivity index is 1.88. The van der Waals surface area contributed by atoms with Gasteiger partial charge >= 0.3 is 6.18 Å². The molecule has 0 atom stereocenters. The van der Waals surface area contributed by atoms with Gasteiger partial charge < -0.3 is 4.57 Å². The van der Waals surface area contributed by atoms with E-state index in [0.717, 1.165) is 35.3 Å². The van der Waals surface area contributed by atoms with Crippen LogP contribution in [-0.4, -0.2) is 23.9 Å². The Morgan fingerprint density at radius 2 is 1.73 bits per heavy atom. The minimum Gasteiger partial charge on any atom is -0.305 e. The SMILES string of the molecule is O=C(NS(=O)(=O)c1ccc(Cl)cc1Cl)c1cn(-c2cc(Cl)cc(C(F)(F)F)c2)cn1. The Bertz CT molecular complexity index is 1240. The average molecular weight is 499 g/mol. The first-order chi connectivity index (χ1) is 13.9. The summed E-state index contributed by atoms with van der Waals surface area (Å²) in [4.78, 5) is 15.7. The van der Waals surface area contributed by atoms with E-state index in [0.29, 0.717) is 0 Å². The first-order valence-corrected chi connectivity index (χ1v) is 10.4. The fraction of sp³-hybridized carbons (Fsp3) is 0.0588. The molecule has 2 aromatic carbocycles. The largest absolute Gasteiger partial charge is 0.416 e. The van der Waals surface area contributed by atoms with Crippen LogP contribution in [0.15, 0.2) is 53.8 Å². The summed E-state index contributed by atoms with van der Waals surface area (Å²) >= 11 is 17.3. The van der Waals surface area contributed by atoms with E-state index in [4.69, 9.17) is 34.8 Å². The number of alkyl halides is 3. The van der Waals surface area contributed by atoms with Gasteiger partial charge in [-0.05, 0) is 36.4 Å². The van der Waals surface area contributed by atoms with Crippen LogP contribution in [-0.2, 0) is 16.2 Å². The minimum absolute atomic E-state index is 0.0232. The van der Waals surface area contributed by atoms with Crippen LogP contribution in [0.4, 0.5) is 13.2 Å². The van der Waals surface area contributed by atoms with Gasteiger partial charge in [-0.1, -0.05) is 34.8 Å². The molecular weight excluding hydrogens is 490 g/mol. The van der Waals surface area contributed by atoms with Crippen molar-refractivity contribution in [3.05, 3.63) is 75.2 Å². The lowest BCUT2D eigenvalue weighted by molar-refractivity contribution is -0.137. The molecule has 0 saturated heterocycles. The number of rotatable bonds is 4. The van der Waals surface area contributed by atoms with Gasteiger partial charge in [-0.15, -0.1) is 0 Å². The number of benzene rings is 2. The van der Waals surface area contributed by atoms with Gasteiger partial charge in [0.15, 0.2) is 0 Å². The van der Waals surface area contributed by atoms with Crippen molar-refractivity contribution < 1.29 is 26.4 Å². The number of nitrogens with one attached hydrogen (secondary N) is 1. The van der Waals surface area contributed by atoms with Crippen LogP contribution < -0.4 is 4.72 Å². The van der Waals surface area contributed by atoms with Crippen molar-refractivity contribution in [1.82, 2.24) is 14.3 Å². The molecule has 6 nitrogen and oxygen atoms in total. The molecule has 0 saturated carbocycles. The Labute approximate surface area is 183 Å². The van der Waals surface area contributed by atoms with Gasteiger partial charge in [0.05, 0.1) is 10.6 Å². The molecule has 0 unspecified atom stereocenters. The lowest BCUT2D eigenvalue weighted by atomic mass is 10.2. The Morgan fingerprint density at radius 1 is 1.03 bits per heavy atom. The number of carbonyl (C=O) groups excluding carboxylic acids is 1. The van der Waals surface area contributed by atoms with Crippen LogP contribution in [0.1, 0.15) is 16.1 Å². The Kier molecular flexibility index (Phi) is 6.06. The first kappa shape index (κ1) is 22.4. The second-order valence-corrected chi connectivity index (χ2v) is 8.80. The monoisotopic (exact) mass is 497 g/mol. The highest BCUT2D eigenvalue weighted by atomic mass is 35.5. The molecule has 1 N–H and O–H groups in total. The van der Waals surface area contributed by atoms with Gasteiger partial charge in [-0.25, -0.2) is 18.1 Å². The molecular formula is C17H9Cl3F3N3O3S. The van der Waals surface area contributed by atoms with Crippen molar-refractivity contribution in [2.75, 3.05) is 0 Å². The van der Waals surface area contributed by atoms with Crippen molar-refractivity contribution in [3.63, 3.8) is 0 Å². The van der Waals surface area contributed by atoms with E-state index in [9.17, 15) is 26.4 Å². The van der Waals surface area contributed by atoms with Crippen molar-refractivity contribution in [3.8, 4) is 5.69 Å². The maximum absolute atomic E-state index is 13.0. The quantitative estimate of drug-likeness (QED) is 0.551. The maximum atomic E-state index is 13.0. The predicted molar refractivity (Wildman–Crippen MR) is 105 cm³/mol.